The van der Waals surface area contributed by atoms with Crippen LogP contribution < -0.4 is 10.6 Å². The number of aliphatic hydroxyl groups excluding tert-OH is 1. The van der Waals surface area contributed by atoms with Crippen LogP contribution in [0.1, 0.15) is 50.5 Å². The summed E-state index contributed by atoms with van der Waals surface area (Å²) in [6, 6.07) is 1.71. The quantitative estimate of drug-likeness (QED) is 0.457. The molecule has 2 saturated carbocycles. The number of alkyl halides is 1. The normalized spacial score (nSPS) is 25.4. The Hall–Kier alpha value is -1.80. The van der Waals surface area contributed by atoms with Gasteiger partial charge in [0.15, 0.2) is 0 Å². The van der Waals surface area contributed by atoms with Crippen molar-refractivity contribution in [1.29, 1.82) is 0 Å². The number of benzene rings is 1. The smallest absolute Gasteiger partial charge is 0.224 e. The molecule has 29 heavy (non-hydrogen) atoms. The molecule has 2 fully saturated rings. The second kappa shape index (κ2) is 8.52. The number of hydrogen-bond acceptors (Lipinski definition) is 3. The molecule has 0 radical (unpaired) electrons. The summed E-state index contributed by atoms with van der Waals surface area (Å²) in [6.07, 6.45) is 2.68. The zero-order chi connectivity index (χ0) is 21.2. The third-order valence-electron chi connectivity index (χ3n) is 6.31. The minimum Gasteiger partial charge on any atom is -0.393 e. The molecular formula is C20H24ClF3N2O3. The predicted molar refractivity (Wildman–Crippen MR) is 101 cm³/mol. The zero-order valence-electron chi connectivity index (χ0n) is 15.8. The molecule has 0 spiro atoms. The lowest BCUT2D eigenvalue weighted by Gasteiger charge is -2.44. The molecule has 0 aromatic heterocycles. The summed E-state index contributed by atoms with van der Waals surface area (Å²) >= 11 is 5.82. The summed E-state index contributed by atoms with van der Waals surface area (Å²) in [5.74, 6) is -3.47. The lowest BCUT2D eigenvalue weighted by atomic mass is 9.74. The first kappa shape index (κ1) is 21.9. The van der Waals surface area contributed by atoms with Crippen LogP contribution in [0.2, 0.25) is 5.02 Å². The molecule has 2 aliphatic carbocycles. The van der Waals surface area contributed by atoms with Gasteiger partial charge in [-0.3, -0.25) is 9.59 Å². The van der Waals surface area contributed by atoms with Gasteiger partial charge in [0, 0.05) is 12.0 Å². The second-order valence-corrected chi connectivity index (χ2v) is 8.34. The van der Waals surface area contributed by atoms with Crippen molar-refractivity contribution < 1.29 is 27.9 Å². The van der Waals surface area contributed by atoms with Crippen LogP contribution >= 0.6 is 11.6 Å². The van der Waals surface area contributed by atoms with Crippen molar-refractivity contribution in [3.63, 3.8) is 0 Å². The lowest BCUT2D eigenvalue weighted by Crippen LogP contribution is -2.62. The first-order valence-corrected chi connectivity index (χ1v) is 10.1. The fourth-order valence-corrected chi connectivity index (χ4v) is 4.88. The van der Waals surface area contributed by atoms with Gasteiger partial charge < -0.3 is 15.7 Å². The van der Waals surface area contributed by atoms with Crippen molar-refractivity contribution in [2.24, 2.45) is 5.92 Å². The molecule has 160 valence electrons. The molecule has 0 aliphatic heterocycles. The summed E-state index contributed by atoms with van der Waals surface area (Å²) in [5, 5.41) is 14.9. The number of carbonyl (C=O) groups is 2. The van der Waals surface area contributed by atoms with Crippen LogP contribution in [0.4, 0.5) is 13.2 Å². The number of amides is 2. The van der Waals surface area contributed by atoms with E-state index in [-0.39, 0.29) is 18.9 Å². The Labute approximate surface area is 172 Å². The van der Waals surface area contributed by atoms with E-state index in [0.29, 0.717) is 38.5 Å². The van der Waals surface area contributed by atoms with E-state index in [2.05, 4.69) is 10.6 Å². The van der Waals surface area contributed by atoms with E-state index in [4.69, 9.17) is 11.6 Å². The van der Waals surface area contributed by atoms with Gasteiger partial charge in [-0.25, -0.2) is 13.2 Å². The Balaban J connectivity index is 2.02. The van der Waals surface area contributed by atoms with Crippen LogP contribution in [0.15, 0.2) is 12.1 Å². The van der Waals surface area contributed by atoms with Crippen LogP contribution in [0.5, 0.6) is 0 Å². The van der Waals surface area contributed by atoms with Gasteiger partial charge in [-0.1, -0.05) is 24.4 Å². The fourth-order valence-electron chi connectivity index (χ4n) is 4.72. The highest BCUT2D eigenvalue weighted by Crippen LogP contribution is 2.49. The summed E-state index contributed by atoms with van der Waals surface area (Å²) < 4.78 is 45.7. The van der Waals surface area contributed by atoms with Gasteiger partial charge in [0.25, 0.3) is 0 Å². The molecule has 1 aromatic carbocycles. The minimum atomic E-state index is -2.30. The van der Waals surface area contributed by atoms with E-state index in [9.17, 15) is 23.5 Å². The fraction of sp³-hybridized carbons (Fsp3) is 0.600. The number of halogens is 4. The molecule has 2 amide bonds. The molecule has 0 bridgehead atoms. The van der Waals surface area contributed by atoms with Crippen LogP contribution in [-0.2, 0) is 15.1 Å². The largest absolute Gasteiger partial charge is 0.393 e. The van der Waals surface area contributed by atoms with E-state index in [1.807, 2.05) is 0 Å². The summed E-state index contributed by atoms with van der Waals surface area (Å²) in [6.45, 7) is -1.02. The van der Waals surface area contributed by atoms with Crippen LogP contribution in [0.3, 0.4) is 0 Å². The average molecular weight is 433 g/mol. The van der Waals surface area contributed by atoms with Crippen molar-refractivity contribution in [3.8, 4) is 0 Å². The summed E-state index contributed by atoms with van der Waals surface area (Å²) in [7, 11) is 0. The molecule has 3 rings (SSSR count). The number of aliphatic hydroxyl groups is 1. The number of nitrogens with one attached hydrogen (secondary N) is 2. The summed E-state index contributed by atoms with van der Waals surface area (Å²) in [5.41, 5.74) is -5.29. The Morgan fingerprint density at radius 2 is 2.00 bits per heavy atom. The van der Waals surface area contributed by atoms with Crippen LogP contribution in [0.25, 0.3) is 0 Å². The van der Waals surface area contributed by atoms with Gasteiger partial charge in [-0.15, -0.1) is 0 Å². The van der Waals surface area contributed by atoms with Gasteiger partial charge in [0.2, 0.25) is 12.3 Å². The van der Waals surface area contributed by atoms with Crippen molar-refractivity contribution in [2.75, 3.05) is 6.61 Å². The van der Waals surface area contributed by atoms with E-state index < -0.39 is 51.9 Å². The van der Waals surface area contributed by atoms with Gasteiger partial charge >= 0.3 is 0 Å². The lowest BCUT2D eigenvalue weighted by molar-refractivity contribution is -0.132. The molecule has 1 aromatic rings. The minimum absolute atomic E-state index is 0.0563. The molecule has 9 heteroatoms. The molecule has 0 saturated heterocycles. The maximum absolute atomic E-state index is 16.0. The Morgan fingerprint density at radius 1 is 1.31 bits per heavy atom. The Morgan fingerprint density at radius 3 is 2.62 bits per heavy atom. The number of carbonyl (C=O) groups excluding carboxylic acids is 2. The SMILES string of the molecule is O=CN[C@@H]1CC[C@@H](C(=O)N[C@](CO)(c2c(F)ccc(Cl)c2F)C2(F)CCCC2)C1. The van der Waals surface area contributed by atoms with Gasteiger partial charge in [0.05, 0.1) is 17.2 Å². The van der Waals surface area contributed by atoms with E-state index >= 15 is 4.39 Å². The molecule has 2 aliphatic rings. The van der Waals surface area contributed by atoms with Crippen molar-refractivity contribution in [2.45, 2.75) is 62.2 Å². The monoisotopic (exact) mass is 432 g/mol. The first-order chi connectivity index (χ1) is 13.8. The highest BCUT2D eigenvalue weighted by atomic mass is 35.5. The Bertz CT molecular complexity index is 788. The van der Waals surface area contributed by atoms with Crippen LogP contribution in [-0.4, -0.2) is 35.7 Å². The second-order valence-electron chi connectivity index (χ2n) is 7.93. The van der Waals surface area contributed by atoms with E-state index in [1.54, 1.807) is 0 Å². The average Bonchev–Trinajstić information content (AvgIpc) is 3.34. The number of hydrogen-bond donors (Lipinski definition) is 3. The van der Waals surface area contributed by atoms with E-state index in [1.165, 1.54) is 0 Å². The Kier molecular flexibility index (Phi) is 6.43. The molecule has 3 atom stereocenters. The number of rotatable bonds is 7. The standard InChI is InChI=1S/C20H24ClF3N2O3/c21-14-5-6-15(22)16(17(14)23)20(10-27,19(24)7-1-2-8-19)26-18(29)12-3-4-13(9-12)25-11-28/h5-6,11-13,27H,1-4,7-10H2,(H,25,28)(H,26,29)/t12-,13-,20-/m1/s1. The maximum atomic E-state index is 16.0. The molecule has 3 N–H and O–H groups in total. The molecule has 0 heterocycles. The predicted octanol–water partition coefficient (Wildman–Crippen LogP) is 3.12. The highest BCUT2D eigenvalue weighted by molar-refractivity contribution is 6.30. The van der Waals surface area contributed by atoms with Gasteiger partial charge in [0.1, 0.15) is 22.8 Å². The third kappa shape index (κ3) is 3.84. The van der Waals surface area contributed by atoms with Gasteiger partial charge in [-0.05, 0) is 44.2 Å². The molecule has 5 nitrogen and oxygen atoms in total. The first-order valence-electron chi connectivity index (χ1n) is 9.73. The third-order valence-corrected chi connectivity index (χ3v) is 6.60. The van der Waals surface area contributed by atoms with Crippen LogP contribution in [0, 0.1) is 17.6 Å². The topological polar surface area (TPSA) is 78.4 Å². The van der Waals surface area contributed by atoms with Gasteiger partial charge in [-0.2, -0.15) is 0 Å². The molecular weight excluding hydrogens is 409 g/mol. The van der Waals surface area contributed by atoms with Crippen molar-refractivity contribution >= 4 is 23.9 Å². The van der Waals surface area contributed by atoms with E-state index in [0.717, 1.165) is 12.1 Å². The molecule has 0 unspecified atom stereocenters. The highest BCUT2D eigenvalue weighted by Gasteiger charge is 2.58. The van der Waals surface area contributed by atoms with Crippen molar-refractivity contribution in [3.05, 3.63) is 34.4 Å². The van der Waals surface area contributed by atoms with Crippen molar-refractivity contribution in [1.82, 2.24) is 10.6 Å². The maximum Gasteiger partial charge on any atom is 0.224 e. The summed E-state index contributed by atoms with van der Waals surface area (Å²) in [4.78, 5) is 23.6. The zero-order valence-corrected chi connectivity index (χ0v) is 16.6.